The topological polar surface area (TPSA) is 3.24 Å². The molecule has 1 heteroatoms. The summed E-state index contributed by atoms with van der Waals surface area (Å²) in [5.74, 6) is 3.42. The zero-order valence-corrected chi connectivity index (χ0v) is 7.46. The molecule has 0 bridgehead atoms. The number of likely N-dealkylation sites (tertiary alicyclic amines) is 1. The Balaban J connectivity index is 1.80. The molecule has 3 unspecified atom stereocenters. The van der Waals surface area contributed by atoms with Crippen molar-refractivity contribution in [1.82, 2.24) is 4.90 Å². The van der Waals surface area contributed by atoms with Crippen molar-refractivity contribution >= 4 is 0 Å². The first-order valence-corrected chi connectivity index (χ1v) is 5.03. The molecule has 0 amide bonds. The van der Waals surface area contributed by atoms with Crippen LogP contribution in [-0.4, -0.2) is 23.5 Å². The van der Waals surface area contributed by atoms with Gasteiger partial charge in [0.2, 0.25) is 0 Å². The Morgan fingerprint density at radius 3 is 2.55 bits per heavy atom. The molecular formula is C10H17N. The van der Waals surface area contributed by atoms with E-state index in [0.29, 0.717) is 0 Å². The molecular weight excluding hydrogens is 134 g/mol. The molecule has 1 saturated heterocycles. The zero-order chi connectivity index (χ0) is 7.59. The predicted molar refractivity (Wildman–Crippen MR) is 45.3 cm³/mol. The first kappa shape index (κ1) is 6.47. The minimum absolute atomic E-state index is 0.798. The van der Waals surface area contributed by atoms with Crippen LogP contribution in [0.3, 0.4) is 0 Å². The molecule has 0 aromatic carbocycles. The van der Waals surface area contributed by atoms with Crippen molar-refractivity contribution < 1.29 is 0 Å². The van der Waals surface area contributed by atoms with Crippen molar-refractivity contribution in [2.75, 3.05) is 6.54 Å². The maximum absolute atomic E-state index is 2.73. The average Bonchev–Trinajstić information content (AvgIpc) is 2.12. The van der Waals surface area contributed by atoms with E-state index in [0.717, 1.165) is 29.8 Å². The summed E-state index contributed by atoms with van der Waals surface area (Å²) >= 11 is 0. The second-order valence-corrected chi connectivity index (χ2v) is 4.93. The molecule has 4 atom stereocenters. The summed E-state index contributed by atoms with van der Waals surface area (Å²) in [6.07, 6.45) is 3.09. The second kappa shape index (κ2) is 1.82. The van der Waals surface area contributed by atoms with E-state index in [4.69, 9.17) is 0 Å². The number of nitrogens with zero attached hydrogens (tertiary/aromatic N) is 1. The Bertz CT molecular complexity index is 187. The lowest BCUT2D eigenvalue weighted by Gasteiger charge is -2.53. The standard InChI is InChI=1S/C10H17N/c1-6(2)11-5-8-3-7-4-9(11)10(7)8/h6-10H,3-5H2,1-2H3/t7?,8?,9?,10-/m1/s1. The van der Waals surface area contributed by atoms with Crippen molar-refractivity contribution in [1.29, 1.82) is 0 Å². The first-order chi connectivity index (χ1) is 5.27. The van der Waals surface area contributed by atoms with Gasteiger partial charge in [-0.05, 0) is 44.4 Å². The molecule has 2 saturated carbocycles. The minimum Gasteiger partial charge on any atom is -0.297 e. The van der Waals surface area contributed by atoms with Gasteiger partial charge < -0.3 is 0 Å². The molecule has 1 aliphatic heterocycles. The molecule has 0 aromatic heterocycles. The fourth-order valence-electron chi connectivity index (χ4n) is 3.60. The lowest BCUT2D eigenvalue weighted by molar-refractivity contribution is -0.0288. The summed E-state index contributed by atoms with van der Waals surface area (Å²) in [5.41, 5.74) is 0. The predicted octanol–water partition coefficient (Wildman–Crippen LogP) is 1.74. The van der Waals surface area contributed by atoms with Crippen LogP contribution in [0.5, 0.6) is 0 Å². The van der Waals surface area contributed by atoms with Crippen LogP contribution in [0.4, 0.5) is 0 Å². The summed E-state index contributed by atoms with van der Waals surface area (Å²) in [6, 6.07) is 1.81. The summed E-state index contributed by atoms with van der Waals surface area (Å²) in [6.45, 7) is 6.11. The summed E-state index contributed by atoms with van der Waals surface area (Å²) in [4.78, 5) is 2.73. The van der Waals surface area contributed by atoms with Crippen molar-refractivity contribution in [3.63, 3.8) is 0 Å². The van der Waals surface area contributed by atoms with Crippen LogP contribution >= 0.6 is 0 Å². The Kier molecular flexibility index (Phi) is 1.07. The molecule has 0 N–H and O–H groups in total. The van der Waals surface area contributed by atoms with Gasteiger partial charge in [-0.15, -0.1) is 0 Å². The average molecular weight is 151 g/mol. The van der Waals surface area contributed by atoms with Crippen molar-refractivity contribution in [3.8, 4) is 0 Å². The molecule has 2 aliphatic carbocycles. The first-order valence-electron chi connectivity index (χ1n) is 5.03. The third-order valence-electron chi connectivity index (χ3n) is 4.22. The molecule has 1 heterocycles. The maximum atomic E-state index is 2.73. The van der Waals surface area contributed by atoms with Gasteiger partial charge in [0, 0.05) is 18.6 Å². The highest BCUT2D eigenvalue weighted by molar-refractivity contribution is 5.12. The number of hydrogen-bond donors (Lipinski definition) is 0. The molecule has 0 radical (unpaired) electrons. The number of hydrogen-bond acceptors (Lipinski definition) is 1. The third-order valence-corrected chi connectivity index (χ3v) is 4.22. The van der Waals surface area contributed by atoms with Gasteiger partial charge in [0.25, 0.3) is 0 Å². The highest BCUT2D eigenvalue weighted by Gasteiger charge is 2.60. The largest absolute Gasteiger partial charge is 0.297 e. The summed E-state index contributed by atoms with van der Waals surface area (Å²) in [5, 5.41) is 0. The number of rotatable bonds is 1. The Hall–Kier alpha value is -0.0400. The van der Waals surface area contributed by atoms with Gasteiger partial charge in [-0.25, -0.2) is 0 Å². The quantitative estimate of drug-likeness (QED) is 0.551. The molecule has 1 nitrogen and oxygen atoms in total. The van der Waals surface area contributed by atoms with Gasteiger partial charge in [0.15, 0.2) is 0 Å². The van der Waals surface area contributed by atoms with Crippen molar-refractivity contribution in [2.45, 2.75) is 38.8 Å². The SMILES string of the molecule is CC(C)N1CC2CC3CC1[C@H]32. The molecule has 0 spiro atoms. The third kappa shape index (κ3) is 0.618. The molecule has 3 rings (SSSR count). The summed E-state index contributed by atoms with van der Waals surface area (Å²) < 4.78 is 0. The smallest absolute Gasteiger partial charge is 0.0135 e. The normalized spacial score (nSPS) is 53.7. The van der Waals surface area contributed by atoms with Crippen LogP contribution in [-0.2, 0) is 0 Å². The van der Waals surface area contributed by atoms with Crippen LogP contribution in [0, 0.1) is 17.8 Å². The van der Waals surface area contributed by atoms with E-state index < -0.39 is 0 Å². The van der Waals surface area contributed by atoms with Gasteiger partial charge in [0.1, 0.15) is 0 Å². The van der Waals surface area contributed by atoms with E-state index in [9.17, 15) is 0 Å². The Labute approximate surface area is 68.8 Å². The van der Waals surface area contributed by atoms with Gasteiger partial charge in [-0.3, -0.25) is 4.90 Å². The second-order valence-electron chi connectivity index (χ2n) is 4.93. The highest BCUT2D eigenvalue weighted by Crippen LogP contribution is 2.60. The molecule has 0 aromatic rings. The molecule has 3 aliphatic rings. The van der Waals surface area contributed by atoms with Crippen molar-refractivity contribution in [3.05, 3.63) is 0 Å². The monoisotopic (exact) mass is 151 g/mol. The minimum atomic E-state index is 0.798. The van der Waals surface area contributed by atoms with Crippen LogP contribution in [0.2, 0.25) is 0 Å². The maximum Gasteiger partial charge on any atom is 0.0135 e. The summed E-state index contributed by atoms with van der Waals surface area (Å²) in [7, 11) is 0. The van der Waals surface area contributed by atoms with E-state index in [2.05, 4.69) is 18.7 Å². The van der Waals surface area contributed by atoms with Crippen LogP contribution < -0.4 is 0 Å². The van der Waals surface area contributed by atoms with E-state index in [1.807, 2.05) is 0 Å². The lowest BCUT2D eigenvalue weighted by Crippen LogP contribution is -2.53. The lowest BCUT2D eigenvalue weighted by atomic mass is 9.53. The van der Waals surface area contributed by atoms with E-state index in [1.165, 1.54) is 13.0 Å². The van der Waals surface area contributed by atoms with Gasteiger partial charge in [-0.2, -0.15) is 0 Å². The molecule has 3 fully saturated rings. The fourth-order valence-corrected chi connectivity index (χ4v) is 3.60. The molecule has 62 valence electrons. The van der Waals surface area contributed by atoms with Crippen LogP contribution in [0.25, 0.3) is 0 Å². The van der Waals surface area contributed by atoms with E-state index in [1.54, 1.807) is 6.42 Å². The van der Waals surface area contributed by atoms with Gasteiger partial charge in [-0.1, -0.05) is 0 Å². The zero-order valence-electron chi connectivity index (χ0n) is 7.46. The van der Waals surface area contributed by atoms with Crippen LogP contribution in [0.15, 0.2) is 0 Å². The fraction of sp³-hybridized carbons (Fsp3) is 1.00. The highest BCUT2D eigenvalue weighted by atomic mass is 15.2. The van der Waals surface area contributed by atoms with Gasteiger partial charge >= 0.3 is 0 Å². The van der Waals surface area contributed by atoms with E-state index >= 15 is 0 Å². The Morgan fingerprint density at radius 1 is 1.18 bits per heavy atom. The van der Waals surface area contributed by atoms with Crippen molar-refractivity contribution in [2.24, 2.45) is 17.8 Å². The van der Waals surface area contributed by atoms with E-state index in [-0.39, 0.29) is 0 Å². The van der Waals surface area contributed by atoms with Gasteiger partial charge in [0.05, 0.1) is 0 Å². The Morgan fingerprint density at radius 2 is 2.00 bits per heavy atom. The molecule has 11 heavy (non-hydrogen) atoms. The van der Waals surface area contributed by atoms with Crippen LogP contribution in [0.1, 0.15) is 26.7 Å².